The van der Waals surface area contributed by atoms with E-state index in [0.717, 1.165) is 39.0 Å². The summed E-state index contributed by atoms with van der Waals surface area (Å²) in [6.45, 7) is 2.49. The SMILES string of the molecule is CNC1CCCN(C(=O)[C@@H]2CCCO2)C1. The van der Waals surface area contributed by atoms with Crippen molar-refractivity contribution in [3.8, 4) is 0 Å². The van der Waals surface area contributed by atoms with Crippen molar-refractivity contribution < 1.29 is 9.53 Å². The molecule has 0 radical (unpaired) electrons. The highest BCUT2D eigenvalue weighted by atomic mass is 16.5. The molecule has 2 atom stereocenters. The normalized spacial score (nSPS) is 31.9. The van der Waals surface area contributed by atoms with Gasteiger partial charge in [0.25, 0.3) is 5.91 Å². The largest absolute Gasteiger partial charge is 0.368 e. The van der Waals surface area contributed by atoms with Crippen molar-refractivity contribution in [1.82, 2.24) is 10.2 Å². The van der Waals surface area contributed by atoms with Crippen LogP contribution in [-0.4, -0.2) is 49.7 Å². The molecule has 2 aliphatic heterocycles. The topological polar surface area (TPSA) is 41.6 Å². The molecule has 1 amide bonds. The number of hydrogen-bond acceptors (Lipinski definition) is 3. The third-order valence-corrected chi connectivity index (χ3v) is 3.35. The number of piperidine rings is 1. The van der Waals surface area contributed by atoms with Crippen LogP contribution in [0.5, 0.6) is 0 Å². The molecule has 1 N–H and O–H groups in total. The Morgan fingerprint density at radius 2 is 2.27 bits per heavy atom. The Bertz CT molecular complexity index is 227. The Balaban J connectivity index is 1.88. The quantitative estimate of drug-likeness (QED) is 0.719. The van der Waals surface area contributed by atoms with E-state index in [9.17, 15) is 4.79 Å². The van der Waals surface area contributed by atoms with Gasteiger partial charge >= 0.3 is 0 Å². The standard InChI is InChI=1S/C11H20N2O2/c1-12-9-4-2-6-13(8-9)11(14)10-5-3-7-15-10/h9-10,12H,2-8H2,1H3/t9?,10-/m0/s1. The van der Waals surface area contributed by atoms with Gasteiger partial charge in [0.05, 0.1) is 0 Å². The van der Waals surface area contributed by atoms with Gasteiger partial charge in [0, 0.05) is 25.7 Å². The summed E-state index contributed by atoms with van der Waals surface area (Å²) < 4.78 is 5.43. The molecule has 2 fully saturated rings. The highest BCUT2D eigenvalue weighted by molar-refractivity contribution is 5.81. The summed E-state index contributed by atoms with van der Waals surface area (Å²) in [7, 11) is 1.96. The fourth-order valence-electron chi connectivity index (χ4n) is 2.39. The number of ether oxygens (including phenoxy) is 1. The fraction of sp³-hybridized carbons (Fsp3) is 0.909. The zero-order chi connectivity index (χ0) is 10.7. The van der Waals surface area contributed by atoms with E-state index in [2.05, 4.69) is 5.32 Å². The van der Waals surface area contributed by atoms with Crippen LogP contribution in [0.3, 0.4) is 0 Å². The summed E-state index contributed by atoms with van der Waals surface area (Å²) in [6.07, 6.45) is 4.05. The van der Waals surface area contributed by atoms with Gasteiger partial charge in [0.1, 0.15) is 6.10 Å². The number of amides is 1. The van der Waals surface area contributed by atoms with E-state index in [-0.39, 0.29) is 12.0 Å². The van der Waals surface area contributed by atoms with Crippen LogP contribution in [0.4, 0.5) is 0 Å². The number of carbonyl (C=O) groups is 1. The first-order valence-corrected chi connectivity index (χ1v) is 5.89. The lowest BCUT2D eigenvalue weighted by Gasteiger charge is -2.33. The van der Waals surface area contributed by atoms with Gasteiger partial charge in [-0.25, -0.2) is 0 Å². The third kappa shape index (κ3) is 2.49. The average Bonchev–Trinajstić information content (AvgIpc) is 2.81. The number of nitrogens with zero attached hydrogens (tertiary/aromatic N) is 1. The van der Waals surface area contributed by atoms with Crippen molar-refractivity contribution in [2.24, 2.45) is 0 Å². The molecule has 4 nitrogen and oxygen atoms in total. The predicted molar refractivity (Wildman–Crippen MR) is 57.6 cm³/mol. The van der Waals surface area contributed by atoms with Crippen LogP contribution in [0.1, 0.15) is 25.7 Å². The molecule has 2 saturated heterocycles. The predicted octanol–water partition coefficient (Wildman–Crippen LogP) is 0.376. The van der Waals surface area contributed by atoms with E-state index in [4.69, 9.17) is 4.74 Å². The summed E-state index contributed by atoms with van der Waals surface area (Å²) >= 11 is 0. The number of rotatable bonds is 2. The van der Waals surface area contributed by atoms with E-state index >= 15 is 0 Å². The van der Waals surface area contributed by atoms with Crippen molar-refractivity contribution in [2.75, 3.05) is 26.7 Å². The Hall–Kier alpha value is -0.610. The molecule has 0 aromatic heterocycles. The maximum atomic E-state index is 12.0. The van der Waals surface area contributed by atoms with Gasteiger partial charge in [-0.3, -0.25) is 4.79 Å². The van der Waals surface area contributed by atoms with Crippen LogP contribution in [0.25, 0.3) is 0 Å². The van der Waals surface area contributed by atoms with E-state index in [0.29, 0.717) is 6.04 Å². The molecule has 0 bridgehead atoms. The first kappa shape index (κ1) is 10.9. The third-order valence-electron chi connectivity index (χ3n) is 3.35. The second-order valence-corrected chi connectivity index (χ2v) is 4.41. The van der Waals surface area contributed by atoms with Crippen molar-refractivity contribution in [2.45, 2.75) is 37.8 Å². The smallest absolute Gasteiger partial charge is 0.251 e. The van der Waals surface area contributed by atoms with Gasteiger partial charge in [0.2, 0.25) is 0 Å². The molecule has 0 spiro atoms. The molecule has 2 rings (SSSR count). The first-order chi connectivity index (χ1) is 7.31. The number of nitrogens with one attached hydrogen (secondary N) is 1. The van der Waals surface area contributed by atoms with Crippen molar-refractivity contribution >= 4 is 5.91 Å². The lowest BCUT2D eigenvalue weighted by atomic mass is 10.0. The highest BCUT2D eigenvalue weighted by Gasteiger charge is 2.30. The average molecular weight is 212 g/mol. The summed E-state index contributed by atoms with van der Waals surface area (Å²) in [5, 5.41) is 3.24. The summed E-state index contributed by atoms with van der Waals surface area (Å²) in [4.78, 5) is 14.0. The molecule has 86 valence electrons. The van der Waals surface area contributed by atoms with Crippen LogP contribution in [-0.2, 0) is 9.53 Å². The molecule has 1 unspecified atom stereocenters. The first-order valence-electron chi connectivity index (χ1n) is 5.89. The maximum absolute atomic E-state index is 12.0. The molecule has 0 aromatic rings. The van der Waals surface area contributed by atoms with Gasteiger partial charge in [-0.1, -0.05) is 0 Å². The van der Waals surface area contributed by atoms with Gasteiger partial charge in [0.15, 0.2) is 0 Å². The van der Waals surface area contributed by atoms with Crippen LogP contribution >= 0.6 is 0 Å². The number of likely N-dealkylation sites (N-methyl/N-ethyl adjacent to an activating group) is 1. The molecular weight excluding hydrogens is 192 g/mol. The van der Waals surface area contributed by atoms with Crippen LogP contribution in [0.2, 0.25) is 0 Å². The maximum Gasteiger partial charge on any atom is 0.251 e. The van der Waals surface area contributed by atoms with E-state index in [1.165, 1.54) is 6.42 Å². The van der Waals surface area contributed by atoms with Gasteiger partial charge in [-0.05, 0) is 32.7 Å². The van der Waals surface area contributed by atoms with E-state index < -0.39 is 0 Å². The minimum absolute atomic E-state index is 0.152. The van der Waals surface area contributed by atoms with E-state index in [1.807, 2.05) is 11.9 Å². The van der Waals surface area contributed by atoms with Crippen LogP contribution in [0, 0.1) is 0 Å². The van der Waals surface area contributed by atoms with Crippen molar-refractivity contribution in [3.63, 3.8) is 0 Å². The molecule has 15 heavy (non-hydrogen) atoms. The fourth-order valence-corrected chi connectivity index (χ4v) is 2.39. The number of carbonyl (C=O) groups excluding carboxylic acids is 1. The Morgan fingerprint density at radius 3 is 2.93 bits per heavy atom. The number of hydrogen-bond donors (Lipinski definition) is 1. The van der Waals surface area contributed by atoms with Gasteiger partial charge < -0.3 is 15.0 Å². The van der Waals surface area contributed by atoms with Gasteiger partial charge in [-0.15, -0.1) is 0 Å². The zero-order valence-electron chi connectivity index (χ0n) is 9.37. The number of likely N-dealkylation sites (tertiary alicyclic amines) is 1. The molecular formula is C11H20N2O2. The molecule has 4 heteroatoms. The summed E-state index contributed by atoms with van der Waals surface area (Å²) in [6, 6.07) is 0.462. The lowest BCUT2D eigenvalue weighted by Crippen LogP contribution is -2.49. The minimum Gasteiger partial charge on any atom is -0.368 e. The van der Waals surface area contributed by atoms with Crippen LogP contribution < -0.4 is 5.32 Å². The minimum atomic E-state index is -0.152. The zero-order valence-corrected chi connectivity index (χ0v) is 9.37. The summed E-state index contributed by atoms with van der Waals surface area (Å²) in [5.74, 6) is 0.201. The molecule has 0 saturated carbocycles. The Morgan fingerprint density at radius 1 is 1.40 bits per heavy atom. The molecule has 0 aliphatic carbocycles. The molecule has 2 heterocycles. The Kier molecular flexibility index (Phi) is 3.59. The summed E-state index contributed by atoms with van der Waals surface area (Å²) in [5.41, 5.74) is 0. The monoisotopic (exact) mass is 212 g/mol. The van der Waals surface area contributed by atoms with Crippen LogP contribution in [0.15, 0.2) is 0 Å². The lowest BCUT2D eigenvalue weighted by molar-refractivity contribution is -0.142. The van der Waals surface area contributed by atoms with E-state index in [1.54, 1.807) is 0 Å². The Labute approximate surface area is 91.0 Å². The second-order valence-electron chi connectivity index (χ2n) is 4.41. The van der Waals surface area contributed by atoms with Gasteiger partial charge in [-0.2, -0.15) is 0 Å². The molecule has 2 aliphatic rings. The van der Waals surface area contributed by atoms with Crippen molar-refractivity contribution in [1.29, 1.82) is 0 Å². The van der Waals surface area contributed by atoms with Crippen molar-refractivity contribution in [3.05, 3.63) is 0 Å². The molecule has 0 aromatic carbocycles. The second kappa shape index (κ2) is 4.94. The highest BCUT2D eigenvalue weighted by Crippen LogP contribution is 2.18.